The highest BCUT2D eigenvalue weighted by Gasteiger charge is 2.58. The zero-order valence-electron chi connectivity index (χ0n) is 23.5. The topological polar surface area (TPSA) is 69.6 Å². The number of rotatable bonds is 9. The van der Waals surface area contributed by atoms with Crippen molar-refractivity contribution in [3.8, 4) is 0 Å². The number of amides is 2. The van der Waals surface area contributed by atoms with Crippen molar-refractivity contribution >= 4 is 23.6 Å². The maximum absolute atomic E-state index is 14.4. The lowest BCUT2D eigenvalue weighted by Gasteiger charge is -2.37. The zero-order valence-corrected chi connectivity index (χ0v) is 24.3. The molecule has 1 aliphatic rings. The van der Waals surface area contributed by atoms with Crippen LogP contribution in [0.1, 0.15) is 45.8 Å². The molecule has 1 aliphatic heterocycles. The van der Waals surface area contributed by atoms with E-state index in [9.17, 15) is 27.9 Å². The van der Waals surface area contributed by atoms with Crippen LogP contribution in [0.4, 0.5) is 13.2 Å². The Morgan fingerprint density at radius 2 is 1.58 bits per heavy atom. The Morgan fingerprint density at radius 3 is 2.23 bits per heavy atom. The minimum atomic E-state index is -4.61. The molecule has 1 heterocycles. The van der Waals surface area contributed by atoms with Gasteiger partial charge in [0.15, 0.2) is 0 Å². The molecule has 5 nitrogen and oxygen atoms in total. The van der Waals surface area contributed by atoms with E-state index in [0.717, 1.165) is 22.1 Å². The van der Waals surface area contributed by atoms with Crippen molar-refractivity contribution < 1.29 is 27.9 Å². The third-order valence-corrected chi connectivity index (χ3v) is 9.06. The molecule has 2 amide bonds. The molecular formula is C34H31F3N2O3S. The monoisotopic (exact) mass is 604 g/mol. The van der Waals surface area contributed by atoms with E-state index >= 15 is 0 Å². The van der Waals surface area contributed by atoms with E-state index in [0.29, 0.717) is 11.1 Å². The van der Waals surface area contributed by atoms with Crippen molar-refractivity contribution in [1.82, 2.24) is 10.2 Å². The second-order valence-corrected chi connectivity index (χ2v) is 12.0. The minimum Gasteiger partial charge on any atom is -0.392 e. The van der Waals surface area contributed by atoms with Gasteiger partial charge < -0.3 is 15.3 Å². The molecule has 0 radical (unpaired) electrons. The fraction of sp³-hybridized carbons (Fsp3) is 0.235. The number of aliphatic hydroxyl groups excluding tert-OH is 1. The van der Waals surface area contributed by atoms with E-state index in [4.69, 9.17) is 0 Å². The first-order chi connectivity index (χ1) is 20.6. The molecular weight excluding hydrogens is 573 g/mol. The maximum Gasteiger partial charge on any atom is 0.416 e. The van der Waals surface area contributed by atoms with Crippen molar-refractivity contribution in [2.45, 2.75) is 54.9 Å². The van der Waals surface area contributed by atoms with Gasteiger partial charge in [-0.2, -0.15) is 13.2 Å². The molecule has 0 aromatic heterocycles. The van der Waals surface area contributed by atoms with E-state index in [-0.39, 0.29) is 31.7 Å². The SMILES string of the molecule is Cc1ccc(S[C@]2(C(=O)NCc3ccccc3)CC(=O)N(Cc3ccccc3C(F)(F)F)[C@@H]2c2ccc(CO)cc2)cc1. The smallest absolute Gasteiger partial charge is 0.392 e. The Kier molecular flexibility index (Phi) is 8.94. The van der Waals surface area contributed by atoms with Crippen LogP contribution in [-0.4, -0.2) is 26.6 Å². The standard InChI is InChI=1S/C34H31F3N2O3S/c1-23-11-17-28(18-12-23)43-33(32(42)38-20-24-7-3-2-4-8-24)19-30(41)39(31(33)26-15-13-25(22-40)14-16-26)21-27-9-5-6-10-29(27)34(35,36)37/h2-18,31,40H,19-22H2,1H3,(H,38,42)/t31-,33-/m1/s1. The Morgan fingerprint density at radius 1 is 0.930 bits per heavy atom. The van der Waals surface area contributed by atoms with Crippen LogP contribution in [0.5, 0.6) is 0 Å². The van der Waals surface area contributed by atoms with E-state index in [1.54, 1.807) is 24.3 Å². The van der Waals surface area contributed by atoms with Crippen LogP contribution in [-0.2, 0) is 35.5 Å². The van der Waals surface area contributed by atoms with Gasteiger partial charge in [0.05, 0.1) is 24.6 Å². The van der Waals surface area contributed by atoms with E-state index in [1.165, 1.54) is 34.9 Å². The number of alkyl halides is 3. The molecule has 1 fully saturated rings. The molecule has 0 unspecified atom stereocenters. The lowest BCUT2D eigenvalue weighted by molar-refractivity contribution is -0.139. The number of hydrogen-bond donors (Lipinski definition) is 2. The summed E-state index contributed by atoms with van der Waals surface area (Å²) in [4.78, 5) is 30.4. The van der Waals surface area contributed by atoms with Gasteiger partial charge in [0, 0.05) is 18.0 Å². The van der Waals surface area contributed by atoms with Gasteiger partial charge in [-0.05, 0) is 47.4 Å². The highest BCUT2D eigenvalue weighted by Crippen LogP contribution is 2.53. The Bertz CT molecular complexity index is 1580. The van der Waals surface area contributed by atoms with Gasteiger partial charge in [-0.1, -0.05) is 90.5 Å². The summed E-state index contributed by atoms with van der Waals surface area (Å²) in [6.07, 6.45) is -4.83. The van der Waals surface area contributed by atoms with Crippen LogP contribution in [0.25, 0.3) is 0 Å². The third-order valence-electron chi connectivity index (χ3n) is 7.63. The lowest BCUT2D eigenvalue weighted by Crippen LogP contribution is -2.48. The summed E-state index contributed by atoms with van der Waals surface area (Å²) in [7, 11) is 0. The molecule has 1 saturated heterocycles. The fourth-order valence-electron chi connectivity index (χ4n) is 5.46. The Hall–Kier alpha value is -4.08. The fourth-order valence-corrected chi connectivity index (χ4v) is 6.89. The summed E-state index contributed by atoms with van der Waals surface area (Å²) in [5.41, 5.74) is 2.23. The summed E-state index contributed by atoms with van der Waals surface area (Å²) in [5.74, 6) is -0.819. The second kappa shape index (κ2) is 12.7. The average molecular weight is 605 g/mol. The molecule has 43 heavy (non-hydrogen) atoms. The van der Waals surface area contributed by atoms with Gasteiger partial charge in [-0.3, -0.25) is 9.59 Å². The number of nitrogens with zero attached hydrogens (tertiary/aromatic N) is 1. The second-order valence-electron chi connectivity index (χ2n) is 10.6. The van der Waals surface area contributed by atoms with Crippen molar-refractivity contribution in [3.05, 3.63) is 137 Å². The summed E-state index contributed by atoms with van der Waals surface area (Å²) >= 11 is 1.25. The number of carbonyl (C=O) groups excluding carboxylic acids is 2. The zero-order chi connectivity index (χ0) is 30.6. The summed E-state index contributed by atoms with van der Waals surface area (Å²) in [5, 5.41) is 12.7. The summed E-state index contributed by atoms with van der Waals surface area (Å²) < 4.78 is 40.6. The maximum atomic E-state index is 14.4. The number of benzene rings is 4. The minimum absolute atomic E-state index is 0.0545. The van der Waals surface area contributed by atoms with Gasteiger partial charge in [0.1, 0.15) is 4.75 Å². The molecule has 5 rings (SSSR count). The lowest BCUT2D eigenvalue weighted by atomic mass is 9.90. The van der Waals surface area contributed by atoms with Crippen molar-refractivity contribution in [2.24, 2.45) is 0 Å². The molecule has 0 saturated carbocycles. The molecule has 0 aliphatic carbocycles. The molecule has 222 valence electrons. The van der Waals surface area contributed by atoms with Crippen LogP contribution in [0, 0.1) is 6.92 Å². The first-order valence-corrected chi connectivity index (χ1v) is 14.6. The predicted molar refractivity (Wildman–Crippen MR) is 160 cm³/mol. The Labute approximate surface area is 252 Å². The normalized spacial score (nSPS) is 18.6. The number of thioether (sulfide) groups is 1. The van der Waals surface area contributed by atoms with Crippen molar-refractivity contribution in [2.75, 3.05) is 0 Å². The van der Waals surface area contributed by atoms with Crippen LogP contribution < -0.4 is 5.32 Å². The number of halogens is 3. The van der Waals surface area contributed by atoms with Crippen LogP contribution in [0.2, 0.25) is 0 Å². The van der Waals surface area contributed by atoms with Gasteiger partial charge in [-0.25, -0.2) is 0 Å². The number of likely N-dealkylation sites (tertiary alicyclic amines) is 1. The average Bonchev–Trinajstić information content (AvgIpc) is 3.28. The molecule has 2 atom stereocenters. The predicted octanol–water partition coefficient (Wildman–Crippen LogP) is 6.83. The van der Waals surface area contributed by atoms with E-state index in [2.05, 4.69) is 5.32 Å². The van der Waals surface area contributed by atoms with Crippen molar-refractivity contribution in [3.63, 3.8) is 0 Å². The first kappa shape index (κ1) is 30.4. The van der Waals surface area contributed by atoms with Crippen LogP contribution >= 0.6 is 11.8 Å². The molecule has 9 heteroatoms. The molecule has 4 aromatic carbocycles. The number of carbonyl (C=O) groups is 2. The van der Waals surface area contributed by atoms with Crippen LogP contribution in [0.15, 0.2) is 108 Å². The first-order valence-electron chi connectivity index (χ1n) is 13.8. The number of nitrogens with one attached hydrogen (secondary N) is 1. The number of aryl methyl sites for hydroxylation is 1. The van der Waals surface area contributed by atoms with Gasteiger partial charge >= 0.3 is 6.18 Å². The molecule has 0 spiro atoms. The highest BCUT2D eigenvalue weighted by molar-refractivity contribution is 8.01. The number of hydrogen-bond acceptors (Lipinski definition) is 4. The largest absolute Gasteiger partial charge is 0.416 e. The van der Waals surface area contributed by atoms with Gasteiger partial charge in [0.2, 0.25) is 11.8 Å². The third kappa shape index (κ3) is 6.63. The molecule has 0 bridgehead atoms. The highest BCUT2D eigenvalue weighted by atomic mass is 32.2. The summed E-state index contributed by atoms with van der Waals surface area (Å²) in [6, 6.07) is 28.1. The Balaban J connectivity index is 1.62. The number of aliphatic hydroxyl groups is 1. The van der Waals surface area contributed by atoms with Crippen LogP contribution in [0.3, 0.4) is 0 Å². The van der Waals surface area contributed by atoms with Gasteiger partial charge in [-0.15, -0.1) is 11.8 Å². The van der Waals surface area contributed by atoms with E-state index < -0.39 is 34.3 Å². The molecule has 4 aromatic rings. The quantitative estimate of drug-likeness (QED) is 0.220. The van der Waals surface area contributed by atoms with Gasteiger partial charge in [0.25, 0.3) is 0 Å². The molecule has 2 N–H and O–H groups in total. The summed E-state index contributed by atoms with van der Waals surface area (Å²) in [6.45, 7) is 1.63. The van der Waals surface area contributed by atoms with Crippen molar-refractivity contribution in [1.29, 1.82) is 0 Å². The van der Waals surface area contributed by atoms with E-state index in [1.807, 2.05) is 61.5 Å².